The quantitative estimate of drug-likeness (QED) is 0.626. The minimum absolute atomic E-state index is 0.0101. The number of aliphatic hydroxyl groups is 1. The standard InChI is InChI=1S/C12H21F3N2O3/c1-10(19)16-6-4-2-3-5-11(20)17(7-8-18)9-12(13,14)15/h18H,2-9H2,1H3,(H,16,19). The van der Waals surface area contributed by atoms with Gasteiger partial charge in [0.1, 0.15) is 6.54 Å². The molecule has 0 fully saturated rings. The van der Waals surface area contributed by atoms with Crippen LogP contribution in [0.1, 0.15) is 32.6 Å². The van der Waals surface area contributed by atoms with Crippen molar-refractivity contribution in [2.75, 3.05) is 26.2 Å². The Hall–Kier alpha value is -1.31. The van der Waals surface area contributed by atoms with E-state index in [1.807, 2.05) is 0 Å². The maximum Gasteiger partial charge on any atom is 0.406 e. The molecule has 0 atom stereocenters. The second kappa shape index (κ2) is 9.57. The Morgan fingerprint density at radius 2 is 1.85 bits per heavy atom. The topological polar surface area (TPSA) is 69.6 Å². The van der Waals surface area contributed by atoms with Crippen LogP contribution >= 0.6 is 0 Å². The maximum atomic E-state index is 12.2. The monoisotopic (exact) mass is 298 g/mol. The summed E-state index contributed by atoms with van der Waals surface area (Å²) in [5, 5.41) is 11.3. The molecular weight excluding hydrogens is 277 g/mol. The predicted octanol–water partition coefficient (Wildman–Crippen LogP) is 1.07. The molecule has 0 aromatic heterocycles. The number of carbonyl (C=O) groups excluding carboxylic acids is 2. The lowest BCUT2D eigenvalue weighted by Crippen LogP contribution is -2.40. The van der Waals surface area contributed by atoms with E-state index in [0.717, 1.165) is 0 Å². The van der Waals surface area contributed by atoms with Gasteiger partial charge in [-0.05, 0) is 12.8 Å². The molecule has 0 radical (unpaired) electrons. The van der Waals surface area contributed by atoms with Gasteiger partial charge in [-0.25, -0.2) is 0 Å². The highest BCUT2D eigenvalue weighted by molar-refractivity contribution is 5.76. The largest absolute Gasteiger partial charge is 0.406 e. The van der Waals surface area contributed by atoms with E-state index in [2.05, 4.69) is 5.32 Å². The van der Waals surface area contributed by atoms with E-state index < -0.39 is 25.2 Å². The van der Waals surface area contributed by atoms with Gasteiger partial charge in [0.25, 0.3) is 0 Å². The molecule has 0 aliphatic rings. The van der Waals surface area contributed by atoms with Crippen LogP contribution in [0.2, 0.25) is 0 Å². The average Bonchev–Trinajstić information content (AvgIpc) is 2.30. The minimum Gasteiger partial charge on any atom is -0.395 e. The zero-order chi connectivity index (χ0) is 15.6. The summed E-state index contributed by atoms with van der Waals surface area (Å²) in [5.74, 6) is -0.753. The zero-order valence-corrected chi connectivity index (χ0v) is 11.5. The number of aliphatic hydroxyl groups excluding tert-OH is 1. The number of rotatable bonds is 9. The number of alkyl halides is 3. The van der Waals surface area contributed by atoms with Crippen molar-refractivity contribution in [2.24, 2.45) is 0 Å². The van der Waals surface area contributed by atoms with Crippen LogP contribution < -0.4 is 5.32 Å². The number of nitrogens with zero attached hydrogens (tertiary/aromatic N) is 1. The molecule has 2 N–H and O–H groups in total. The third-order valence-corrected chi connectivity index (χ3v) is 2.53. The summed E-state index contributed by atoms with van der Waals surface area (Å²) >= 11 is 0. The number of carbonyl (C=O) groups is 2. The molecule has 0 spiro atoms. The first kappa shape index (κ1) is 18.7. The van der Waals surface area contributed by atoms with Crippen LogP contribution in [0.5, 0.6) is 0 Å². The fourth-order valence-electron chi connectivity index (χ4n) is 1.63. The molecule has 0 aromatic rings. The summed E-state index contributed by atoms with van der Waals surface area (Å²) in [6, 6.07) is 0. The third-order valence-electron chi connectivity index (χ3n) is 2.53. The van der Waals surface area contributed by atoms with Gasteiger partial charge in [0.05, 0.1) is 6.61 Å². The van der Waals surface area contributed by atoms with E-state index in [9.17, 15) is 22.8 Å². The van der Waals surface area contributed by atoms with E-state index in [0.29, 0.717) is 30.7 Å². The molecule has 20 heavy (non-hydrogen) atoms. The van der Waals surface area contributed by atoms with Crippen LogP contribution in [0.4, 0.5) is 13.2 Å². The van der Waals surface area contributed by atoms with Crippen LogP contribution in [0.15, 0.2) is 0 Å². The van der Waals surface area contributed by atoms with Crippen molar-refractivity contribution in [1.29, 1.82) is 0 Å². The normalized spacial score (nSPS) is 11.2. The summed E-state index contributed by atoms with van der Waals surface area (Å²) in [5.41, 5.74) is 0. The zero-order valence-electron chi connectivity index (χ0n) is 11.5. The second-order valence-corrected chi connectivity index (χ2v) is 4.45. The molecule has 118 valence electrons. The predicted molar refractivity (Wildman–Crippen MR) is 66.9 cm³/mol. The van der Waals surface area contributed by atoms with Crippen molar-refractivity contribution >= 4 is 11.8 Å². The van der Waals surface area contributed by atoms with Gasteiger partial charge < -0.3 is 15.3 Å². The third kappa shape index (κ3) is 10.6. The van der Waals surface area contributed by atoms with Crippen molar-refractivity contribution < 1.29 is 27.9 Å². The van der Waals surface area contributed by atoms with Crippen LogP contribution in [0.25, 0.3) is 0 Å². The molecule has 5 nitrogen and oxygen atoms in total. The Morgan fingerprint density at radius 3 is 2.35 bits per heavy atom. The molecule has 0 aliphatic carbocycles. The fourth-order valence-corrected chi connectivity index (χ4v) is 1.63. The lowest BCUT2D eigenvalue weighted by Gasteiger charge is -2.23. The molecule has 0 saturated carbocycles. The number of hydrogen-bond donors (Lipinski definition) is 2. The highest BCUT2D eigenvalue weighted by Crippen LogP contribution is 2.17. The van der Waals surface area contributed by atoms with Gasteiger partial charge in [0.2, 0.25) is 11.8 Å². The summed E-state index contributed by atoms with van der Waals surface area (Å²) < 4.78 is 36.7. The van der Waals surface area contributed by atoms with E-state index >= 15 is 0 Å². The molecular formula is C12H21F3N2O3. The molecule has 0 saturated heterocycles. The first-order valence-corrected chi connectivity index (χ1v) is 6.46. The number of halogens is 3. The fraction of sp³-hybridized carbons (Fsp3) is 0.833. The van der Waals surface area contributed by atoms with Crippen molar-refractivity contribution in [2.45, 2.75) is 38.8 Å². The summed E-state index contributed by atoms with van der Waals surface area (Å²) in [6.45, 7) is -0.257. The first-order chi connectivity index (χ1) is 9.26. The lowest BCUT2D eigenvalue weighted by atomic mass is 10.1. The van der Waals surface area contributed by atoms with Crippen LogP contribution in [-0.4, -0.2) is 54.2 Å². The summed E-state index contributed by atoms with van der Waals surface area (Å²) in [6.07, 6.45) is -2.68. The number of amides is 2. The van der Waals surface area contributed by atoms with Crippen molar-refractivity contribution in [1.82, 2.24) is 10.2 Å². The lowest BCUT2D eigenvalue weighted by molar-refractivity contribution is -0.162. The van der Waals surface area contributed by atoms with E-state index in [1.54, 1.807) is 0 Å². The van der Waals surface area contributed by atoms with Gasteiger partial charge >= 0.3 is 6.18 Å². The molecule has 0 heterocycles. The van der Waals surface area contributed by atoms with Crippen LogP contribution in [0, 0.1) is 0 Å². The molecule has 0 aliphatic heterocycles. The molecule has 8 heteroatoms. The number of unbranched alkanes of at least 4 members (excludes halogenated alkanes) is 2. The van der Waals surface area contributed by atoms with Gasteiger partial charge in [0.15, 0.2) is 0 Å². The van der Waals surface area contributed by atoms with Gasteiger partial charge in [-0.2, -0.15) is 13.2 Å². The van der Waals surface area contributed by atoms with Gasteiger partial charge in [0, 0.05) is 26.4 Å². The average molecular weight is 298 g/mol. The highest BCUT2D eigenvalue weighted by Gasteiger charge is 2.32. The molecule has 0 bridgehead atoms. The number of hydrogen-bond acceptors (Lipinski definition) is 3. The van der Waals surface area contributed by atoms with E-state index in [4.69, 9.17) is 5.11 Å². The van der Waals surface area contributed by atoms with Crippen LogP contribution in [0.3, 0.4) is 0 Å². The van der Waals surface area contributed by atoms with Gasteiger partial charge in [-0.1, -0.05) is 6.42 Å². The first-order valence-electron chi connectivity index (χ1n) is 6.46. The maximum absolute atomic E-state index is 12.2. The SMILES string of the molecule is CC(=O)NCCCCCC(=O)N(CCO)CC(F)(F)F. The van der Waals surface area contributed by atoms with Crippen molar-refractivity contribution in [3.8, 4) is 0 Å². The molecule has 0 aromatic carbocycles. The molecule has 0 unspecified atom stereocenters. The minimum atomic E-state index is -4.46. The summed E-state index contributed by atoms with van der Waals surface area (Å²) in [7, 11) is 0. The Balaban J connectivity index is 3.93. The molecule has 2 amide bonds. The highest BCUT2D eigenvalue weighted by atomic mass is 19.4. The van der Waals surface area contributed by atoms with Crippen molar-refractivity contribution in [3.63, 3.8) is 0 Å². The number of nitrogens with one attached hydrogen (secondary N) is 1. The summed E-state index contributed by atoms with van der Waals surface area (Å²) in [4.78, 5) is 22.8. The van der Waals surface area contributed by atoms with E-state index in [1.165, 1.54) is 6.92 Å². The van der Waals surface area contributed by atoms with Gasteiger partial charge in [-0.15, -0.1) is 0 Å². The second-order valence-electron chi connectivity index (χ2n) is 4.45. The Morgan fingerprint density at radius 1 is 1.20 bits per heavy atom. The van der Waals surface area contributed by atoms with Gasteiger partial charge in [-0.3, -0.25) is 9.59 Å². The Kier molecular flexibility index (Phi) is 8.94. The van der Waals surface area contributed by atoms with Crippen molar-refractivity contribution in [3.05, 3.63) is 0 Å². The Labute approximate surface area is 116 Å². The van der Waals surface area contributed by atoms with E-state index in [-0.39, 0.29) is 18.9 Å². The molecule has 0 rings (SSSR count). The Bertz CT molecular complexity index is 309. The smallest absolute Gasteiger partial charge is 0.395 e. The van der Waals surface area contributed by atoms with Crippen LogP contribution in [-0.2, 0) is 9.59 Å².